The summed E-state index contributed by atoms with van der Waals surface area (Å²) in [4.78, 5) is 41.2. The Morgan fingerprint density at radius 2 is 1.93 bits per heavy atom. The van der Waals surface area contributed by atoms with Crippen LogP contribution in [-0.4, -0.2) is 74.0 Å². The summed E-state index contributed by atoms with van der Waals surface area (Å²) in [7, 11) is 3.91. The SMILES string of the molecule is CC(C)NC(=O)CCC1CNC(=O)C2CC(NC(=O)c3ccc(N(C)C)cc3)CN12. The molecule has 2 aliphatic rings. The van der Waals surface area contributed by atoms with E-state index in [1.165, 1.54) is 0 Å². The monoisotopic (exact) mass is 415 g/mol. The van der Waals surface area contributed by atoms with E-state index < -0.39 is 0 Å². The van der Waals surface area contributed by atoms with Gasteiger partial charge in [0.15, 0.2) is 0 Å². The molecule has 164 valence electrons. The quantitative estimate of drug-likeness (QED) is 0.610. The van der Waals surface area contributed by atoms with Gasteiger partial charge in [0, 0.05) is 63.0 Å². The number of carbonyl (C=O) groups excluding carboxylic acids is 3. The van der Waals surface area contributed by atoms with Crippen molar-refractivity contribution in [1.82, 2.24) is 20.9 Å². The summed E-state index contributed by atoms with van der Waals surface area (Å²) in [6, 6.07) is 7.34. The molecule has 0 bridgehead atoms. The highest BCUT2D eigenvalue weighted by Gasteiger charge is 2.43. The summed E-state index contributed by atoms with van der Waals surface area (Å²) in [6.45, 7) is 5.04. The fraction of sp³-hybridized carbons (Fsp3) is 0.591. The van der Waals surface area contributed by atoms with Gasteiger partial charge >= 0.3 is 0 Å². The molecule has 2 heterocycles. The van der Waals surface area contributed by atoms with Crippen molar-refractivity contribution in [1.29, 1.82) is 0 Å². The van der Waals surface area contributed by atoms with Crippen molar-refractivity contribution in [3.63, 3.8) is 0 Å². The van der Waals surface area contributed by atoms with E-state index in [0.29, 0.717) is 37.9 Å². The van der Waals surface area contributed by atoms with Gasteiger partial charge in [0.05, 0.1) is 6.04 Å². The van der Waals surface area contributed by atoms with Gasteiger partial charge in [-0.15, -0.1) is 0 Å². The highest BCUT2D eigenvalue weighted by atomic mass is 16.2. The summed E-state index contributed by atoms with van der Waals surface area (Å²) in [5.74, 6) is -0.0907. The van der Waals surface area contributed by atoms with Crippen molar-refractivity contribution in [3.8, 4) is 0 Å². The van der Waals surface area contributed by atoms with E-state index >= 15 is 0 Å². The van der Waals surface area contributed by atoms with Crippen molar-refractivity contribution in [2.45, 2.75) is 57.3 Å². The zero-order valence-electron chi connectivity index (χ0n) is 18.3. The highest BCUT2D eigenvalue weighted by molar-refractivity contribution is 5.95. The number of benzene rings is 1. The first-order valence-electron chi connectivity index (χ1n) is 10.7. The number of rotatable bonds is 7. The number of anilines is 1. The predicted molar refractivity (Wildman–Crippen MR) is 116 cm³/mol. The van der Waals surface area contributed by atoms with Gasteiger partial charge in [-0.2, -0.15) is 0 Å². The maximum Gasteiger partial charge on any atom is 0.251 e. The van der Waals surface area contributed by atoms with Crippen LogP contribution in [0, 0.1) is 0 Å². The number of nitrogens with one attached hydrogen (secondary N) is 3. The minimum atomic E-state index is -0.252. The Balaban J connectivity index is 1.58. The average Bonchev–Trinajstić information content (AvgIpc) is 3.11. The first-order valence-corrected chi connectivity index (χ1v) is 10.7. The van der Waals surface area contributed by atoms with Gasteiger partial charge in [-0.05, 0) is 51.0 Å². The third-order valence-corrected chi connectivity index (χ3v) is 5.76. The minimum Gasteiger partial charge on any atom is -0.378 e. The molecule has 3 atom stereocenters. The maximum atomic E-state index is 12.7. The molecule has 0 aliphatic carbocycles. The molecule has 0 saturated carbocycles. The molecule has 3 amide bonds. The molecule has 8 nitrogen and oxygen atoms in total. The number of hydrogen-bond donors (Lipinski definition) is 3. The van der Waals surface area contributed by atoms with Crippen LogP contribution in [0.5, 0.6) is 0 Å². The average molecular weight is 416 g/mol. The van der Waals surface area contributed by atoms with Crippen molar-refractivity contribution in [2.75, 3.05) is 32.1 Å². The molecular formula is C22H33N5O3. The number of piperazine rings is 1. The van der Waals surface area contributed by atoms with Crippen LogP contribution in [-0.2, 0) is 9.59 Å². The molecular weight excluding hydrogens is 382 g/mol. The summed E-state index contributed by atoms with van der Waals surface area (Å²) < 4.78 is 0. The van der Waals surface area contributed by atoms with E-state index in [9.17, 15) is 14.4 Å². The molecule has 3 N–H and O–H groups in total. The first-order chi connectivity index (χ1) is 14.2. The third-order valence-electron chi connectivity index (χ3n) is 5.76. The standard InChI is InChI=1S/C22H33N5O3/c1-14(2)24-20(28)10-9-18-12-23-22(30)19-11-16(13-27(18)19)25-21(29)15-5-7-17(8-6-15)26(3)4/h5-8,14,16,18-19H,9-13H2,1-4H3,(H,23,30)(H,24,28)(H,25,29). The van der Waals surface area contributed by atoms with Gasteiger partial charge in [-0.1, -0.05) is 0 Å². The first kappa shape index (κ1) is 22.1. The number of fused-ring (bicyclic) bond motifs is 1. The van der Waals surface area contributed by atoms with E-state index in [1.54, 1.807) is 0 Å². The van der Waals surface area contributed by atoms with Crippen molar-refractivity contribution < 1.29 is 14.4 Å². The third kappa shape index (κ3) is 5.30. The zero-order valence-corrected chi connectivity index (χ0v) is 18.3. The normalized spacial score (nSPS) is 23.6. The summed E-state index contributed by atoms with van der Waals surface area (Å²) in [6.07, 6.45) is 1.70. The van der Waals surface area contributed by atoms with E-state index in [2.05, 4.69) is 20.9 Å². The molecule has 3 unspecified atom stereocenters. The van der Waals surface area contributed by atoms with Crippen LogP contribution in [0.1, 0.15) is 43.5 Å². The maximum absolute atomic E-state index is 12.7. The second-order valence-corrected chi connectivity index (χ2v) is 8.72. The van der Waals surface area contributed by atoms with Gasteiger partial charge in [0.25, 0.3) is 5.91 Å². The van der Waals surface area contributed by atoms with Crippen LogP contribution in [0.4, 0.5) is 5.69 Å². The topological polar surface area (TPSA) is 93.8 Å². The van der Waals surface area contributed by atoms with Gasteiger partial charge < -0.3 is 20.9 Å². The molecule has 1 aromatic carbocycles. The van der Waals surface area contributed by atoms with Gasteiger partial charge in [0.1, 0.15) is 0 Å². The van der Waals surface area contributed by atoms with Crippen LogP contribution in [0.25, 0.3) is 0 Å². The molecule has 3 rings (SSSR count). The van der Waals surface area contributed by atoms with E-state index in [4.69, 9.17) is 0 Å². The summed E-state index contributed by atoms with van der Waals surface area (Å²) >= 11 is 0. The lowest BCUT2D eigenvalue weighted by Crippen LogP contribution is -2.58. The van der Waals surface area contributed by atoms with Crippen molar-refractivity contribution in [3.05, 3.63) is 29.8 Å². The van der Waals surface area contributed by atoms with Crippen LogP contribution in [0.15, 0.2) is 24.3 Å². The fourth-order valence-corrected chi connectivity index (χ4v) is 4.22. The number of hydrogen-bond acceptors (Lipinski definition) is 5. The molecule has 0 aromatic heterocycles. The van der Waals surface area contributed by atoms with Crippen LogP contribution < -0.4 is 20.9 Å². The Morgan fingerprint density at radius 3 is 2.57 bits per heavy atom. The van der Waals surface area contributed by atoms with E-state index in [0.717, 1.165) is 5.69 Å². The Kier molecular flexibility index (Phi) is 6.97. The minimum absolute atomic E-state index is 0.00460. The molecule has 30 heavy (non-hydrogen) atoms. The Morgan fingerprint density at radius 1 is 1.23 bits per heavy atom. The smallest absolute Gasteiger partial charge is 0.251 e. The Labute approximate surface area is 178 Å². The van der Waals surface area contributed by atoms with E-state index in [-0.39, 0.29) is 41.9 Å². The lowest BCUT2D eigenvalue weighted by molar-refractivity contribution is -0.129. The molecule has 0 spiro atoms. The lowest BCUT2D eigenvalue weighted by atomic mass is 10.0. The largest absolute Gasteiger partial charge is 0.378 e. The molecule has 0 radical (unpaired) electrons. The lowest BCUT2D eigenvalue weighted by Gasteiger charge is -2.37. The van der Waals surface area contributed by atoms with Gasteiger partial charge in [0.2, 0.25) is 11.8 Å². The molecule has 2 aliphatic heterocycles. The van der Waals surface area contributed by atoms with Crippen LogP contribution in [0.3, 0.4) is 0 Å². The predicted octanol–water partition coefficient (Wildman–Crippen LogP) is 0.729. The van der Waals surface area contributed by atoms with Crippen LogP contribution in [0.2, 0.25) is 0 Å². The summed E-state index contributed by atoms with van der Waals surface area (Å²) in [5, 5.41) is 8.95. The number of amides is 3. The van der Waals surface area contributed by atoms with E-state index in [1.807, 2.05) is 57.1 Å². The van der Waals surface area contributed by atoms with Crippen molar-refractivity contribution in [2.24, 2.45) is 0 Å². The Bertz CT molecular complexity index is 777. The van der Waals surface area contributed by atoms with Crippen molar-refractivity contribution >= 4 is 23.4 Å². The zero-order chi connectivity index (χ0) is 21.8. The second kappa shape index (κ2) is 9.47. The van der Waals surface area contributed by atoms with Crippen LogP contribution >= 0.6 is 0 Å². The molecule has 1 aromatic rings. The molecule has 8 heteroatoms. The van der Waals surface area contributed by atoms with Gasteiger partial charge in [-0.25, -0.2) is 0 Å². The second-order valence-electron chi connectivity index (χ2n) is 8.72. The summed E-state index contributed by atoms with van der Waals surface area (Å²) in [5.41, 5.74) is 1.64. The molecule has 2 fully saturated rings. The highest BCUT2D eigenvalue weighted by Crippen LogP contribution is 2.26. The number of carbonyl (C=O) groups is 3. The fourth-order valence-electron chi connectivity index (χ4n) is 4.22. The Hall–Kier alpha value is -2.61. The number of nitrogens with zero attached hydrogens (tertiary/aromatic N) is 2. The molecule has 2 saturated heterocycles. The van der Waals surface area contributed by atoms with Gasteiger partial charge in [-0.3, -0.25) is 19.3 Å².